The maximum atomic E-state index is 12.9. The number of aromatic nitrogens is 1. The van der Waals surface area contributed by atoms with E-state index in [-0.39, 0.29) is 12.3 Å². The van der Waals surface area contributed by atoms with Gasteiger partial charge >= 0.3 is 0 Å². The number of aryl methyl sites for hydroxylation is 2. The zero-order valence-corrected chi connectivity index (χ0v) is 15.4. The third-order valence-electron chi connectivity index (χ3n) is 4.40. The molecule has 6 heteroatoms. The molecule has 2 aromatic heterocycles. The van der Waals surface area contributed by atoms with E-state index in [1.165, 1.54) is 0 Å². The van der Waals surface area contributed by atoms with Crippen molar-refractivity contribution >= 4 is 34.5 Å². The predicted octanol–water partition coefficient (Wildman–Crippen LogP) is 4.89. The lowest BCUT2D eigenvalue weighted by molar-refractivity contribution is -0.118. The molecule has 1 aliphatic heterocycles. The van der Waals surface area contributed by atoms with Gasteiger partial charge in [-0.3, -0.25) is 4.79 Å². The second-order valence-corrected chi connectivity index (χ2v) is 7.48. The van der Waals surface area contributed by atoms with Crippen LogP contribution >= 0.6 is 22.9 Å². The highest BCUT2D eigenvalue weighted by atomic mass is 35.5. The second kappa shape index (κ2) is 6.65. The first-order chi connectivity index (χ1) is 12.1. The van der Waals surface area contributed by atoms with Crippen molar-refractivity contribution < 1.29 is 9.21 Å². The zero-order valence-electron chi connectivity index (χ0n) is 13.8. The molecule has 1 aliphatic rings. The van der Waals surface area contributed by atoms with E-state index >= 15 is 0 Å². The molecule has 1 aromatic carbocycles. The van der Waals surface area contributed by atoms with Crippen LogP contribution in [0.25, 0.3) is 10.8 Å². The van der Waals surface area contributed by atoms with E-state index in [9.17, 15) is 4.79 Å². The highest BCUT2D eigenvalue weighted by Crippen LogP contribution is 2.31. The third kappa shape index (κ3) is 3.22. The molecule has 0 N–H and O–H groups in total. The van der Waals surface area contributed by atoms with Gasteiger partial charge in [0.05, 0.1) is 17.0 Å². The zero-order chi connectivity index (χ0) is 17.4. The predicted molar refractivity (Wildman–Crippen MR) is 100 cm³/mol. The summed E-state index contributed by atoms with van der Waals surface area (Å²) in [4.78, 5) is 20.2. The summed E-state index contributed by atoms with van der Waals surface area (Å²) in [6, 6.07) is 9.64. The fraction of sp³-hybridized carbons (Fsp3) is 0.263. The Hall–Kier alpha value is -2.11. The van der Waals surface area contributed by atoms with Crippen LogP contribution in [0.1, 0.15) is 23.4 Å². The summed E-state index contributed by atoms with van der Waals surface area (Å²) in [6.45, 7) is 2.58. The molecule has 3 aromatic rings. The molecule has 0 fully saturated rings. The second-order valence-electron chi connectivity index (χ2n) is 6.10. The maximum Gasteiger partial charge on any atom is 0.236 e. The Morgan fingerprint density at radius 3 is 3.08 bits per heavy atom. The van der Waals surface area contributed by atoms with Crippen LogP contribution in [0, 0.1) is 6.92 Å². The van der Waals surface area contributed by atoms with Gasteiger partial charge in [0.1, 0.15) is 5.76 Å². The Morgan fingerprint density at radius 2 is 2.28 bits per heavy atom. The lowest BCUT2D eigenvalue weighted by atomic mass is 10.0. The number of anilines is 1. The van der Waals surface area contributed by atoms with Crippen molar-refractivity contribution in [2.45, 2.75) is 26.2 Å². The van der Waals surface area contributed by atoms with E-state index in [1.54, 1.807) is 11.3 Å². The summed E-state index contributed by atoms with van der Waals surface area (Å²) in [5.74, 6) is 1.32. The summed E-state index contributed by atoms with van der Waals surface area (Å²) >= 11 is 7.65. The van der Waals surface area contributed by atoms with Crippen LogP contribution in [0.3, 0.4) is 0 Å². The van der Waals surface area contributed by atoms with Crippen LogP contribution in [0.5, 0.6) is 0 Å². The number of hydrogen-bond donors (Lipinski definition) is 0. The molecule has 0 saturated heterocycles. The minimum Gasteiger partial charge on any atom is -0.440 e. The Balaban J connectivity index is 1.58. The van der Waals surface area contributed by atoms with E-state index in [2.05, 4.69) is 4.98 Å². The number of rotatable bonds is 3. The molecule has 0 radical (unpaired) electrons. The number of thiophene rings is 1. The van der Waals surface area contributed by atoms with Crippen molar-refractivity contribution in [2.75, 3.05) is 11.4 Å². The molecule has 1 amide bonds. The standard InChI is InChI=1S/C19H17ClN2O2S/c1-12-15(21-19(24-12)17-5-3-9-25-17)11-18(23)22-8-2-4-13-10-14(20)6-7-16(13)22/h3,5-7,9-10H,2,4,8,11H2,1H3. The lowest BCUT2D eigenvalue weighted by Gasteiger charge is -2.29. The summed E-state index contributed by atoms with van der Waals surface area (Å²) in [5, 5.41) is 2.69. The van der Waals surface area contributed by atoms with Gasteiger partial charge in [0.15, 0.2) is 0 Å². The van der Waals surface area contributed by atoms with Gasteiger partial charge in [0.25, 0.3) is 0 Å². The number of amides is 1. The lowest BCUT2D eigenvalue weighted by Crippen LogP contribution is -2.36. The number of halogens is 1. The molecule has 4 nitrogen and oxygen atoms in total. The van der Waals surface area contributed by atoms with E-state index in [4.69, 9.17) is 16.0 Å². The number of oxazole rings is 1. The number of carbonyl (C=O) groups is 1. The largest absolute Gasteiger partial charge is 0.440 e. The fourth-order valence-electron chi connectivity index (χ4n) is 3.16. The summed E-state index contributed by atoms with van der Waals surface area (Å²) in [7, 11) is 0. The summed E-state index contributed by atoms with van der Waals surface area (Å²) < 4.78 is 5.74. The average molecular weight is 373 g/mol. The number of carbonyl (C=O) groups excluding carboxylic acids is 1. The molecule has 0 atom stereocenters. The molecule has 0 unspecified atom stereocenters. The molecular weight excluding hydrogens is 356 g/mol. The van der Waals surface area contributed by atoms with Gasteiger partial charge < -0.3 is 9.32 Å². The smallest absolute Gasteiger partial charge is 0.236 e. The molecule has 128 valence electrons. The van der Waals surface area contributed by atoms with E-state index in [1.807, 2.05) is 47.5 Å². The molecule has 0 spiro atoms. The monoisotopic (exact) mass is 372 g/mol. The van der Waals surface area contributed by atoms with Crippen molar-refractivity contribution in [1.29, 1.82) is 0 Å². The van der Waals surface area contributed by atoms with Crippen molar-refractivity contribution in [2.24, 2.45) is 0 Å². The normalized spacial score (nSPS) is 13.8. The first-order valence-electron chi connectivity index (χ1n) is 8.21. The number of hydrogen-bond acceptors (Lipinski definition) is 4. The highest BCUT2D eigenvalue weighted by Gasteiger charge is 2.24. The molecule has 25 heavy (non-hydrogen) atoms. The van der Waals surface area contributed by atoms with Gasteiger partial charge in [0.2, 0.25) is 11.8 Å². The van der Waals surface area contributed by atoms with Gasteiger partial charge in [-0.05, 0) is 55.0 Å². The van der Waals surface area contributed by atoms with Crippen LogP contribution in [-0.2, 0) is 17.6 Å². The Labute approximate surface area is 155 Å². The van der Waals surface area contributed by atoms with Crippen LogP contribution < -0.4 is 4.90 Å². The Bertz CT molecular complexity index is 918. The van der Waals surface area contributed by atoms with Crippen molar-refractivity contribution in [3.05, 3.63) is 57.8 Å². The Kier molecular flexibility index (Phi) is 4.36. The van der Waals surface area contributed by atoms with Crippen molar-refractivity contribution in [3.63, 3.8) is 0 Å². The highest BCUT2D eigenvalue weighted by molar-refractivity contribution is 7.13. The first-order valence-corrected chi connectivity index (χ1v) is 9.46. The van der Waals surface area contributed by atoms with Gasteiger partial charge in [-0.2, -0.15) is 0 Å². The first kappa shape index (κ1) is 16.4. The van der Waals surface area contributed by atoms with Crippen LogP contribution in [0.4, 0.5) is 5.69 Å². The minimum absolute atomic E-state index is 0.0393. The number of benzene rings is 1. The summed E-state index contributed by atoms with van der Waals surface area (Å²) in [6.07, 6.45) is 2.13. The SMILES string of the molecule is Cc1oc(-c2cccs2)nc1CC(=O)N1CCCc2cc(Cl)ccc21. The minimum atomic E-state index is 0.0393. The van der Waals surface area contributed by atoms with Gasteiger partial charge in [-0.1, -0.05) is 17.7 Å². The van der Waals surface area contributed by atoms with Crippen LogP contribution in [-0.4, -0.2) is 17.4 Å². The van der Waals surface area contributed by atoms with Gasteiger partial charge in [-0.25, -0.2) is 4.98 Å². The maximum absolute atomic E-state index is 12.9. The quantitative estimate of drug-likeness (QED) is 0.657. The van der Waals surface area contributed by atoms with Crippen LogP contribution in [0.2, 0.25) is 5.02 Å². The molecule has 3 heterocycles. The Morgan fingerprint density at radius 1 is 1.40 bits per heavy atom. The topological polar surface area (TPSA) is 46.3 Å². The molecule has 0 bridgehead atoms. The molecule has 0 saturated carbocycles. The van der Waals surface area contributed by atoms with Crippen molar-refractivity contribution in [3.8, 4) is 10.8 Å². The molecular formula is C19H17ClN2O2S. The average Bonchev–Trinajstić information content (AvgIpc) is 3.24. The molecule has 4 rings (SSSR count). The van der Waals surface area contributed by atoms with Crippen molar-refractivity contribution in [1.82, 2.24) is 4.98 Å². The number of nitrogens with zero attached hydrogens (tertiary/aromatic N) is 2. The molecule has 0 aliphatic carbocycles. The van der Waals surface area contributed by atoms with E-state index in [0.29, 0.717) is 22.4 Å². The van der Waals surface area contributed by atoms with Gasteiger partial charge in [-0.15, -0.1) is 11.3 Å². The number of fused-ring (bicyclic) bond motifs is 1. The summed E-state index contributed by atoms with van der Waals surface area (Å²) in [5.41, 5.74) is 2.79. The van der Waals surface area contributed by atoms with E-state index in [0.717, 1.165) is 35.5 Å². The van der Waals surface area contributed by atoms with Crippen LogP contribution in [0.15, 0.2) is 40.1 Å². The third-order valence-corrected chi connectivity index (χ3v) is 5.50. The fourth-order valence-corrected chi connectivity index (χ4v) is 4.00. The van der Waals surface area contributed by atoms with Gasteiger partial charge in [0, 0.05) is 17.3 Å². The van der Waals surface area contributed by atoms with E-state index < -0.39 is 0 Å².